The fraction of sp³-hybridized carbons (Fsp3) is 0.158. The van der Waals surface area contributed by atoms with Gasteiger partial charge in [0.2, 0.25) is 0 Å². The van der Waals surface area contributed by atoms with E-state index in [4.69, 9.17) is 9.15 Å². The van der Waals surface area contributed by atoms with Gasteiger partial charge in [0.1, 0.15) is 11.3 Å². The van der Waals surface area contributed by atoms with Gasteiger partial charge in [0.25, 0.3) is 5.91 Å². The van der Waals surface area contributed by atoms with Gasteiger partial charge in [-0.25, -0.2) is 0 Å². The molecule has 4 rings (SSSR count). The highest BCUT2D eigenvalue weighted by Crippen LogP contribution is 2.31. The molecular formula is C19H15NO4. The van der Waals surface area contributed by atoms with Crippen molar-refractivity contribution in [3.8, 4) is 5.75 Å². The first-order valence-corrected chi connectivity index (χ1v) is 7.78. The third kappa shape index (κ3) is 2.54. The van der Waals surface area contributed by atoms with Crippen LogP contribution in [0, 0.1) is 0 Å². The standard InChI is InChI=1S/C19H15NO4/c21-15-11-18(24-17-8-4-2-6-13(15)17)19(22)20-14-9-10-23-16-7-3-1-5-12(14)16/h1-8,11,14H,9-10H2,(H,20,22)/t14-/m1/s1. The zero-order chi connectivity index (χ0) is 16.5. The van der Waals surface area contributed by atoms with Crippen molar-refractivity contribution in [3.05, 3.63) is 76.1 Å². The normalized spacial score (nSPS) is 16.2. The van der Waals surface area contributed by atoms with E-state index >= 15 is 0 Å². The van der Waals surface area contributed by atoms with Gasteiger partial charge < -0.3 is 14.5 Å². The number of para-hydroxylation sites is 2. The van der Waals surface area contributed by atoms with Crippen LogP contribution in [0.2, 0.25) is 0 Å². The second-order valence-corrected chi connectivity index (χ2v) is 5.67. The molecule has 5 heteroatoms. The number of hydrogen-bond donors (Lipinski definition) is 1. The van der Waals surface area contributed by atoms with E-state index in [1.54, 1.807) is 24.3 Å². The van der Waals surface area contributed by atoms with E-state index in [1.165, 1.54) is 6.07 Å². The molecule has 0 unspecified atom stereocenters. The Hall–Kier alpha value is -3.08. The number of hydrogen-bond acceptors (Lipinski definition) is 4. The number of nitrogens with one attached hydrogen (secondary N) is 1. The van der Waals surface area contributed by atoms with E-state index in [-0.39, 0.29) is 17.2 Å². The van der Waals surface area contributed by atoms with Crippen molar-refractivity contribution in [2.24, 2.45) is 0 Å². The molecule has 0 saturated heterocycles. The Bertz CT molecular complexity index is 976. The van der Waals surface area contributed by atoms with Gasteiger partial charge in [-0.3, -0.25) is 9.59 Å². The first kappa shape index (κ1) is 14.5. The third-order valence-electron chi connectivity index (χ3n) is 4.12. The predicted molar refractivity (Wildman–Crippen MR) is 89.2 cm³/mol. The summed E-state index contributed by atoms with van der Waals surface area (Å²) in [5, 5.41) is 3.40. The van der Waals surface area contributed by atoms with E-state index in [2.05, 4.69) is 5.32 Å². The number of fused-ring (bicyclic) bond motifs is 2. The van der Waals surface area contributed by atoms with Crippen molar-refractivity contribution in [1.82, 2.24) is 5.32 Å². The summed E-state index contributed by atoms with van der Waals surface area (Å²) in [5.74, 6) is 0.385. The fourth-order valence-corrected chi connectivity index (χ4v) is 2.94. The van der Waals surface area contributed by atoms with Crippen molar-refractivity contribution in [1.29, 1.82) is 0 Å². The minimum Gasteiger partial charge on any atom is -0.493 e. The molecule has 1 N–H and O–H groups in total. The lowest BCUT2D eigenvalue weighted by atomic mass is 10.0. The van der Waals surface area contributed by atoms with Crippen LogP contribution in [-0.4, -0.2) is 12.5 Å². The molecule has 3 aromatic rings. The Kier molecular flexibility index (Phi) is 3.54. The van der Waals surface area contributed by atoms with Crippen LogP contribution >= 0.6 is 0 Å². The molecule has 1 atom stereocenters. The van der Waals surface area contributed by atoms with Gasteiger partial charge in [0.05, 0.1) is 18.0 Å². The second kappa shape index (κ2) is 5.85. The Morgan fingerprint density at radius 1 is 1.08 bits per heavy atom. The molecule has 120 valence electrons. The van der Waals surface area contributed by atoms with Crippen LogP contribution in [0.25, 0.3) is 11.0 Å². The van der Waals surface area contributed by atoms with Crippen LogP contribution in [0.1, 0.15) is 28.6 Å². The lowest BCUT2D eigenvalue weighted by Gasteiger charge is -2.26. The van der Waals surface area contributed by atoms with Crippen molar-refractivity contribution in [2.45, 2.75) is 12.5 Å². The molecule has 24 heavy (non-hydrogen) atoms. The summed E-state index contributed by atoms with van der Waals surface area (Å²) in [6.45, 7) is 0.531. The van der Waals surface area contributed by atoms with Gasteiger partial charge in [-0.1, -0.05) is 30.3 Å². The maximum atomic E-state index is 12.5. The zero-order valence-corrected chi connectivity index (χ0v) is 12.8. The summed E-state index contributed by atoms with van der Waals surface area (Å²) in [6, 6.07) is 15.6. The highest BCUT2D eigenvalue weighted by molar-refractivity contribution is 5.93. The lowest BCUT2D eigenvalue weighted by molar-refractivity contribution is 0.0897. The van der Waals surface area contributed by atoms with E-state index in [0.29, 0.717) is 24.0 Å². The second-order valence-electron chi connectivity index (χ2n) is 5.67. The molecule has 0 aliphatic carbocycles. The molecule has 2 aromatic carbocycles. The Morgan fingerprint density at radius 3 is 2.79 bits per heavy atom. The quantitative estimate of drug-likeness (QED) is 0.787. The summed E-state index contributed by atoms with van der Waals surface area (Å²) in [5.41, 5.74) is 1.11. The number of benzene rings is 2. The van der Waals surface area contributed by atoms with Crippen molar-refractivity contribution in [3.63, 3.8) is 0 Å². The van der Waals surface area contributed by atoms with Crippen LogP contribution < -0.4 is 15.5 Å². The minimum absolute atomic E-state index is 0.0164. The number of rotatable bonds is 2. The lowest BCUT2D eigenvalue weighted by Crippen LogP contribution is -2.32. The van der Waals surface area contributed by atoms with E-state index in [9.17, 15) is 9.59 Å². The van der Waals surface area contributed by atoms with Crippen molar-refractivity contribution >= 4 is 16.9 Å². The fourth-order valence-electron chi connectivity index (χ4n) is 2.94. The van der Waals surface area contributed by atoms with Crippen LogP contribution in [0.15, 0.2) is 63.8 Å². The topological polar surface area (TPSA) is 68.5 Å². The number of carbonyl (C=O) groups excluding carboxylic acids is 1. The average molecular weight is 321 g/mol. The largest absolute Gasteiger partial charge is 0.493 e. The summed E-state index contributed by atoms with van der Waals surface area (Å²) in [7, 11) is 0. The van der Waals surface area contributed by atoms with Crippen molar-refractivity contribution in [2.75, 3.05) is 6.61 Å². The van der Waals surface area contributed by atoms with Gasteiger partial charge in [0, 0.05) is 18.1 Å². The molecule has 0 bridgehead atoms. The van der Waals surface area contributed by atoms with E-state index in [0.717, 1.165) is 11.3 Å². The first-order valence-electron chi connectivity index (χ1n) is 7.78. The molecule has 0 radical (unpaired) electrons. The maximum absolute atomic E-state index is 12.5. The molecule has 0 spiro atoms. The van der Waals surface area contributed by atoms with Gasteiger partial charge in [-0.2, -0.15) is 0 Å². The Labute approximate surface area is 137 Å². The summed E-state index contributed by atoms with van der Waals surface area (Å²) >= 11 is 0. The van der Waals surface area contributed by atoms with Gasteiger partial charge >= 0.3 is 0 Å². The van der Waals surface area contributed by atoms with Crippen LogP contribution in [0.4, 0.5) is 0 Å². The first-order chi connectivity index (χ1) is 11.7. The molecule has 0 fully saturated rings. The summed E-state index contributed by atoms with van der Waals surface area (Å²) in [4.78, 5) is 24.7. The molecule has 1 aromatic heterocycles. The molecule has 2 heterocycles. The number of amides is 1. The molecule has 0 saturated carbocycles. The van der Waals surface area contributed by atoms with E-state index in [1.807, 2.05) is 24.3 Å². The highest BCUT2D eigenvalue weighted by Gasteiger charge is 2.24. The van der Waals surface area contributed by atoms with Gasteiger partial charge in [-0.05, 0) is 18.2 Å². The minimum atomic E-state index is -0.403. The highest BCUT2D eigenvalue weighted by atomic mass is 16.5. The van der Waals surface area contributed by atoms with Gasteiger partial charge in [-0.15, -0.1) is 0 Å². The van der Waals surface area contributed by atoms with Crippen LogP contribution in [0.5, 0.6) is 5.75 Å². The molecule has 1 aliphatic rings. The number of carbonyl (C=O) groups is 1. The Morgan fingerprint density at radius 2 is 1.88 bits per heavy atom. The van der Waals surface area contributed by atoms with Crippen LogP contribution in [0.3, 0.4) is 0 Å². The van der Waals surface area contributed by atoms with Gasteiger partial charge in [0.15, 0.2) is 11.2 Å². The summed E-state index contributed by atoms with van der Waals surface area (Å²) < 4.78 is 11.2. The maximum Gasteiger partial charge on any atom is 0.287 e. The van der Waals surface area contributed by atoms with Crippen LogP contribution in [-0.2, 0) is 0 Å². The average Bonchev–Trinajstić information content (AvgIpc) is 2.62. The third-order valence-corrected chi connectivity index (χ3v) is 4.12. The SMILES string of the molecule is O=C(N[C@@H]1CCOc2ccccc21)c1cc(=O)c2ccccc2o1. The van der Waals surface area contributed by atoms with E-state index < -0.39 is 5.91 Å². The predicted octanol–water partition coefficient (Wildman–Crippen LogP) is 3.05. The summed E-state index contributed by atoms with van der Waals surface area (Å²) in [6.07, 6.45) is 0.667. The zero-order valence-electron chi connectivity index (χ0n) is 12.8. The Balaban J connectivity index is 1.65. The van der Waals surface area contributed by atoms with Crippen molar-refractivity contribution < 1.29 is 13.9 Å². The smallest absolute Gasteiger partial charge is 0.287 e. The number of ether oxygens (including phenoxy) is 1. The molecule has 1 aliphatic heterocycles. The molecule has 1 amide bonds. The monoisotopic (exact) mass is 321 g/mol. The molecule has 5 nitrogen and oxygen atoms in total. The molecular weight excluding hydrogens is 306 g/mol.